The zero-order valence-electron chi connectivity index (χ0n) is 13.8. The van der Waals surface area contributed by atoms with Gasteiger partial charge in [0.2, 0.25) is 5.91 Å². The molecule has 4 rings (SSSR count). The van der Waals surface area contributed by atoms with E-state index in [0.29, 0.717) is 5.52 Å². The summed E-state index contributed by atoms with van der Waals surface area (Å²) in [4.78, 5) is 22.0. The van der Waals surface area contributed by atoms with Gasteiger partial charge < -0.3 is 4.90 Å². The van der Waals surface area contributed by atoms with Crippen LogP contribution in [-0.2, 0) is 11.3 Å². The van der Waals surface area contributed by atoms with E-state index in [2.05, 4.69) is 15.1 Å². The summed E-state index contributed by atoms with van der Waals surface area (Å²) in [6.07, 6.45) is -1.18. The minimum Gasteiger partial charge on any atom is -0.335 e. The first kappa shape index (κ1) is 17.4. The Morgan fingerprint density at radius 3 is 2.74 bits per heavy atom. The highest BCUT2D eigenvalue weighted by Gasteiger charge is 2.30. The normalized spacial score (nSPS) is 14.8. The van der Waals surface area contributed by atoms with Crippen molar-refractivity contribution in [2.24, 2.45) is 0 Å². The molecule has 1 aliphatic rings. The lowest BCUT2D eigenvalue weighted by atomic mass is 10.1. The molecule has 1 fully saturated rings. The van der Waals surface area contributed by atoms with Crippen LogP contribution in [-0.4, -0.2) is 49.8 Å². The molecule has 0 saturated carbocycles. The van der Waals surface area contributed by atoms with Crippen LogP contribution in [0.1, 0.15) is 12.0 Å². The van der Waals surface area contributed by atoms with Crippen molar-refractivity contribution in [2.75, 3.05) is 13.1 Å². The van der Waals surface area contributed by atoms with Gasteiger partial charge in [-0.3, -0.25) is 4.79 Å². The average molecular weight is 379 g/mol. The fourth-order valence-corrected chi connectivity index (χ4v) is 2.83. The summed E-state index contributed by atoms with van der Waals surface area (Å²) in [7, 11) is 0. The third-order valence-corrected chi connectivity index (χ3v) is 4.35. The fourth-order valence-electron chi connectivity index (χ4n) is 2.83. The Labute approximate surface area is 150 Å². The van der Waals surface area contributed by atoms with Gasteiger partial charge in [-0.15, -0.1) is 0 Å². The van der Waals surface area contributed by atoms with Crippen LogP contribution in [0.4, 0.5) is 17.6 Å². The minimum atomic E-state index is -2.96. The zero-order chi connectivity index (χ0) is 19.1. The number of rotatable bonds is 4. The predicted molar refractivity (Wildman–Crippen MR) is 87.2 cm³/mol. The number of hydrogen-bond acceptors (Lipinski definition) is 4. The number of likely N-dealkylation sites (tertiary alicyclic amines) is 1. The molecule has 0 radical (unpaired) electrons. The molecule has 1 saturated heterocycles. The molecule has 0 N–H and O–H groups in total. The van der Waals surface area contributed by atoms with E-state index in [1.54, 1.807) is 0 Å². The van der Waals surface area contributed by atoms with Gasteiger partial charge in [0.25, 0.3) is 6.43 Å². The lowest BCUT2D eigenvalue weighted by molar-refractivity contribution is -0.139. The van der Waals surface area contributed by atoms with Gasteiger partial charge in [0.1, 0.15) is 24.1 Å². The van der Waals surface area contributed by atoms with Crippen molar-refractivity contribution in [3.63, 3.8) is 0 Å². The topological polar surface area (TPSA) is 63.9 Å². The van der Waals surface area contributed by atoms with Crippen molar-refractivity contribution in [1.82, 2.24) is 24.6 Å². The van der Waals surface area contributed by atoms with Gasteiger partial charge in [-0.2, -0.15) is 5.10 Å². The number of carbonyl (C=O) groups excluding carboxylic acids is 1. The van der Waals surface area contributed by atoms with Crippen LogP contribution in [0.3, 0.4) is 0 Å². The Hall–Kier alpha value is -3.04. The summed E-state index contributed by atoms with van der Waals surface area (Å²) in [5.74, 6) is -1.30. The van der Waals surface area contributed by atoms with Gasteiger partial charge >= 0.3 is 0 Å². The molecule has 6 nitrogen and oxygen atoms in total. The van der Waals surface area contributed by atoms with E-state index in [1.165, 1.54) is 28.0 Å². The van der Waals surface area contributed by atoms with Crippen LogP contribution < -0.4 is 0 Å². The number of fused-ring (bicyclic) bond motifs is 1. The number of amides is 1. The molecule has 1 aromatic carbocycles. The van der Waals surface area contributed by atoms with Gasteiger partial charge in [-0.05, 0) is 18.2 Å². The van der Waals surface area contributed by atoms with Crippen molar-refractivity contribution < 1.29 is 22.4 Å². The lowest BCUT2D eigenvalue weighted by Crippen LogP contribution is -2.52. The van der Waals surface area contributed by atoms with Gasteiger partial charge in [0.05, 0.1) is 36.7 Å². The first-order valence-electron chi connectivity index (χ1n) is 8.10. The molecule has 2 aromatic heterocycles. The maximum Gasteiger partial charge on any atom is 0.266 e. The molecule has 0 aliphatic carbocycles. The Morgan fingerprint density at radius 1 is 1.26 bits per heavy atom. The molecule has 3 heterocycles. The first-order chi connectivity index (χ1) is 12.9. The molecule has 0 bridgehead atoms. The van der Waals surface area contributed by atoms with Crippen molar-refractivity contribution in [3.05, 3.63) is 42.0 Å². The SMILES string of the molecule is O=C(Cn1ncc2ncc(-c3ccc(F)c(C(F)F)c3)nc21)N1CC(F)C1. The molecule has 1 amide bonds. The smallest absolute Gasteiger partial charge is 0.266 e. The highest BCUT2D eigenvalue weighted by atomic mass is 19.3. The second kappa shape index (κ2) is 6.60. The molecule has 1 aliphatic heterocycles. The van der Waals surface area contributed by atoms with Crippen molar-refractivity contribution in [2.45, 2.75) is 19.1 Å². The summed E-state index contributed by atoms with van der Waals surface area (Å²) >= 11 is 0. The number of halogens is 4. The minimum absolute atomic E-state index is 0.0565. The van der Waals surface area contributed by atoms with Crippen LogP contribution in [0.2, 0.25) is 0 Å². The molecule has 0 atom stereocenters. The highest BCUT2D eigenvalue weighted by Crippen LogP contribution is 2.27. The Bertz CT molecular complexity index is 1020. The molecule has 0 unspecified atom stereocenters. The average Bonchev–Trinajstić information content (AvgIpc) is 3.01. The maximum atomic E-state index is 13.5. The summed E-state index contributed by atoms with van der Waals surface area (Å²) in [5.41, 5.74) is 0.474. The highest BCUT2D eigenvalue weighted by molar-refractivity contribution is 5.80. The molecular weight excluding hydrogens is 366 g/mol. The van der Waals surface area contributed by atoms with Crippen molar-refractivity contribution >= 4 is 17.1 Å². The van der Waals surface area contributed by atoms with Crippen LogP contribution in [0.25, 0.3) is 22.4 Å². The Morgan fingerprint density at radius 2 is 2.04 bits per heavy atom. The summed E-state index contributed by atoms with van der Waals surface area (Å²) in [6.45, 7) is -0.0258. The molecular formula is C17H13F4N5O. The zero-order valence-corrected chi connectivity index (χ0v) is 13.8. The van der Waals surface area contributed by atoms with Gasteiger partial charge in [-0.1, -0.05) is 0 Å². The second-order valence-corrected chi connectivity index (χ2v) is 6.20. The lowest BCUT2D eigenvalue weighted by Gasteiger charge is -2.34. The molecule has 10 heteroatoms. The molecule has 140 valence electrons. The standard InChI is InChI=1S/C17H13F4N5O/c18-10-6-25(7-10)15(27)8-26-17-14(5-23-26)22-4-13(24-17)9-1-2-12(19)11(3-9)16(20)21/h1-5,10,16H,6-8H2. The second-order valence-electron chi connectivity index (χ2n) is 6.20. The number of carbonyl (C=O) groups is 1. The van der Waals surface area contributed by atoms with E-state index < -0.39 is 24.0 Å². The van der Waals surface area contributed by atoms with E-state index in [1.807, 2.05) is 0 Å². The maximum absolute atomic E-state index is 13.5. The Kier molecular flexibility index (Phi) is 4.25. The van der Waals surface area contributed by atoms with Gasteiger partial charge in [0, 0.05) is 5.56 Å². The summed E-state index contributed by atoms with van der Waals surface area (Å²) < 4.78 is 53.5. The summed E-state index contributed by atoms with van der Waals surface area (Å²) in [5, 5.41) is 4.06. The van der Waals surface area contributed by atoms with Crippen LogP contribution >= 0.6 is 0 Å². The monoisotopic (exact) mass is 379 g/mol. The van der Waals surface area contributed by atoms with Gasteiger partial charge in [0.15, 0.2) is 5.65 Å². The van der Waals surface area contributed by atoms with Crippen molar-refractivity contribution in [1.29, 1.82) is 0 Å². The van der Waals surface area contributed by atoms with Crippen LogP contribution in [0, 0.1) is 5.82 Å². The molecule has 0 spiro atoms. The van der Waals surface area contributed by atoms with Gasteiger partial charge in [-0.25, -0.2) is 32.2 Å². The number of alkyl halides is 3. The van der Waals surface area contributed by atoms with Crippen LogP contribution in [0.5, 0.6) is 0 Å². The van der Waals surface area contributed by atoms with E-state index in [4.69, 9.17) is 0 Å². The van der Waals surface area contributed by atoms with E-state index in [-0.39, 0.29) is 42.4 Å². The predicted octanol–water partition coefficient (Wildman–Crippen LogP) is 2.75. The van der Waals surface area contributed by atoms with E-state index in [9.17, 15) is 22.4 Å². The molecule has 27 heavy (non-hydrogen) atoms. The Balaban J connectivity index is 1.66. The number of nitrogens with zero attached hydrogens (tertiary/aromatic N) is 5. The fraction of sp³-hybridized carbons (Fsp3) is 0.294. The number of benzene rings is 1. The third-order valence-electron chi connectivity index (χ3n) is 4.35. The molecule has 3 aromatic rings. The third kappa shape index (κ3) is 3.22. The number of hydrogen-bond donors (Lipinski definition) is 0. The van der Waals surface area contributed by atoms with Crippen LogP contribution in [0.15, 0.2) is 30.6 Å². The van der Waals surface area contributed by atoms with Crippen molar-refractivity contribution in [3.8, 4) is 11.3 Å². The first-order valence-corrected chi connectivity index (χ1v) is 8.10. The largest absolute Gasteiger partial charge is 0.335 e. The van der Waals surface area contributed by atoms with E-state index in [0.717, 1.165) is 12.1 Å². The quantitative estimate of drug-likeness (QED) is 0.654. The summed E-state index contributed by atoms with van der Waals surface area (Å²) in [6, 6.07) is 3.29. The number of aromatic nitrogens is 4. The van der Waals surface area contributed by atoms with E-state index >= 15 is 0 Å².